The molecular formula is C17H17F3N2O2. The van der Waals surface area contributed by atoms with Gasteiger partial charge in [-0.15, -0.1) is 0 Å². The zero-order valence-corrected chi connectivity index (χ0v) is 13.0. The molecular weight excluding hydrogens is 321 g/mol. The van der Waals surface area contributed by atoms with Crippen LogP contribution in [0.4, 0.5) is 18.0 Å². The normalized spacial score (nSPS) is 10.5. The number of hydrogen-bond acceptors (Lipinski definition) is 2. The van der Waals surface area contributed by atoms with Crippen LogP contribution in [0, 0.1) is 12.7 Å². The maximum atomic E-state index is 13.2. The van der Waals surface area contributed by atoms with E-state index < -0.39 is 6.61 Å². The van der Waals surface area contributed by atoms with E-state index in [0.717, 1.165) is 11.1 Å². The number of benzene rings is 2. The minimum atomic E-state index is -2.87. The quantitative estimate of drug-likeness (QED) is 0.843. The number of aryl methyl sites for hydroxylation is 1. The topological polar surface area (TPSA) is 50.4 Å². The van der Waals surface area contributed by atoms with Gasteiger partial charge in [-0.25, -0.2) is 9.18 Å². The standard InChI is InChI=1S/C17H17F3N2O2/c1-11-8-13(4-7-15(11)18)10-22-17(23)21-9-12-2-5-14(6-3-12)24-16(19)20/h2-8,16H,9-10H2,1H3,(H2,21,22,23). The van der Waals surface area contributed by atoms with Crippen molar-refractivity contribution in [3.8, 4) is 5.75 Å². The van der Waals surface area contributed by atoms with Gasteiger partial charge in [0, 0.05) is 13.1 Å². The second-order valence-electron chi connectivity index (χ2n) is 5.14. The van der Waals surface area contributed by atoms with Crippen molar-refractivity contribution in [3.63, 3.8) is 0 Å². The molecule has 2 aromatic rings. The van der Waals surface area contributed by atoms with Crippen LogP contribution in [-0.2, 0) is 13.1 Å². The van der Waals surface area contributed by atoms with Gasteiger partial charge < -0.3 is 15.4 Å². The van der Waals surface area contributed by atoms with Gasteiger partial charge in [-0.2, -0.15) is 8.78 Å². The smallest absolute Gasteiger partial charge is 0.387 e. The fourth-order valence-corrected chi connectivity index (χ4v) is 2.03. The van der Waals surface area contributed by atoms with E-state index in [1.165, 1.54) is 18.2 Å². The molecule has 0 atom stereocenters. The summed E-state index contributed by atoms with van der Waals surface area (Å²) in [6, 6.07) is 10.2. The van der Waals surface area contributed by atoms with Crippen molar-refractivity contribution in [2.75, 3.05) is 0 Å². The van der Waals surface area contributed by atoms with Crippen LogP contribution in [-0.4, -0.2) is 12.6 Å². The lowest BCUT2D eigenvalue weighted by Crippen LogP contribution is -2.34. The molecule has 128 valence electrons. The number of rotatable bonds is 6. The Morgan fingerprint density at radius 3 is 2.21 bits per heavy atom. The van der Waals surface area contributed by atoms with E-state index in [1.807, 2.05) is 0 Å². The summed E-state index contributed by atoms with van der Waals surface area (Å²) >= 11 is 0. The third-order valence-corrected chi connectivity index (χ3v) is 3.28. The minimum Gasteiger partial charge on any atom is -0.435 e. The fourth-order valence-electron chi connectivity index (χ4n) is 2.03. The maximum absolute atomic E-state index is 13.2. The maximum Gasteiger partial charge on any atom is 0.387 e. The minimum absolute atomic E-state index is 0.0601. The molecule has 2 aromatic carbocycles. The molecule has 7 heteroatoms. The van der Waals surface area contributed by atoms with Gasteiger partial charge in [-0.05, 0) is 41.8 Å². The Morgan fingerprint density at radius 2 is 1.62 bits per heavy atom. The fraction of sp³-hybridized carbons (Fsp3) is 0.235. The van der Waals surface area contributed by atoms with Gasteiger partial charge in [-0.1, -0.05) is 24.3 Å². The molecule has 0 aliphatic rings. The first-order valence-corrected chi connectivity index (χ1v) is 7.24. The SMILES string of the molecule is Cc1cc(CNC(=O)NCc2ccc(OC(F)F)cc2)ccc1F. The average molecular weight is 338 g/mol. The molecule has 0 radical (unpaired) electrons. The highest BCUT2D eigenvalue weighted by molar-refractivity contribution is 5.73. The Bertz CT molecular complexity index is 691. The Hall–Kier alpha value is -2.70. The number of alkyl halides is 2. The third kappa shape index (κ3) is 5.49. The van der Waals surface area contributed by atoms with Crippen molar-refractivity contribution in [1.29, 1.82) is 0 Å². The molecule has 2 rings (SSSR count). The van der Waals surface area contributed by atoms with Crippen molar-refractivity contribution in [2.24, 2.45) is 0 Å². The number of urea groups is 1. The Morgan fingerprint density at radius 1 is 1.04 bits per heavy atom. The first-order chi connectivity index (χ1) is 11.4. The molecule has 2 N–H and O–H groups in total. The molecule has 0 aromatic heterocycles. The molecule has 0 aliphatic carbocycles. The van der Waals surface area contributed by atoms with E-state index in [9.17, 15) is 18.0 Å². The molecule has 0 bridgehead atoms. The Balaban J connectivity index is 1.77. The number of carbonyl (C=O) groups is 1. The summed E-state index contributed by atoms with van der Waals surface area (Å²) in [5, 5.41) is 5.30. The van der Waals surface area contributed by atoms with Crippen molar-refractivity contribution in [2.45, 2.75) is 26.6 Å². The van der Waals surface area contributed by atoms with Crippen LogP contribution in [0.3, 0.4) is 0 Å². The van der Waals surface area contributed by atoms with Crippen molar-refractivity contribution < 1.29 is 22.7 Å². The molecule has 2 amide bonds. The third-order valence-electron chi connectivity index (χ3n) is 3.28. The molecule has 0 saturated carbocycles. The number of hydrogen-bond donors (Lipinski definition) is 2. The summed E-state index contributed by atoms with van der Waals surface area (Å²) in [7, 11) is 0. The van der Waals surface area contributed by atoms with Crippen LogP contribution in [0.15, 0.2) is 42.5 Å². The highest BCUT2D eigenvalue weighted by Gasteiger charge is 2.05. The summed E-state index contributed by atoms with van der Waals surface area (Å²) in [5.41, 5.74) is 2.04. The first kappa shape index (κ1) is 17.7. The van der Waals surface area contributed by atoms with E-state index in [4.69, 9.17) is 0 Å². The van der Waals surface area contributed by atoms with Gasteiger partial charge in [0.1, 0.15) is 11.6 Å². The molecule has 24 heavy (non-hydrogen) atoms. The van der Waals surface area contributed by atoms with E-state index in [-0.39, 0.29) is 30.7 Å². The lowest BCUT2D eigenvalue weighted by Gasteiger charge is -2.09. The summed E-state index contributed by atoms with van der Waals surface area (Å²) in [5.74, 6) is -0.229. The first-order valence-electron chi connectivity index (χ1n) is 7.24. The van der Waals surface area contributed by atoms with Crippen LogP contribution in [0.1, 0.15) is 16.7 Å². The van der Waals surface area contributed by atoms with Gasteiger partial charge in [0.2, 0.25) is 0 Å². The Kier molecular flexibility index (Phi) is 6.06. The molecule has 4 nitrogen and oxygen atoms in total. The monoisotopic (exact) mass is 338 g/mol. The Labute approximate surface area is 137 Å². The van der Waals surface area contributed by atoms with Gasteiger partial charge in [0.15, 0.2) is 0 Å². The van der Waals surface area contributed by atoms with Gasteiger partial charge in [0.25, 0.3) is 0 Å². The second kappa shape index (κ2) is 8.24. The van der Waals surface area contributed by atoms with E-state index in [1.54, 1.807) is 31.2 Å². The zero-order chi connectivity index (χ0) is 17.5. The van der Waals surface area contributed by atoms with Gasteiger partial charge in [0.05, 0.1) is 0 Å². The molecule has 0 aliphatic heterocycles. The highest BCUT2D eigenvalue weighted by Crippen LogP contribution is 2.14. The van der Waals surface area contributed by atoms with Crippen LogP contribution in [0.2, 0.25) is 0 Å². The average Bonchev–Trinajstić information content (AvgIpc) is 2.55. The van der Waals surface area contributed by atoms with Crippen molar-refractivity contribution >= 4 is 6.03 Å². The molecule has 0 unspecified atom stereocenters. The molecule has 0 spiro atoms. The molecule has 0 heterocycles. The summed E-state index contributed by atoms with van der Waals surface area (Å²) in [6.45, 7) is -0.702. The largest absolute Gasteiger partial charge is 0.435 e. The lowest BCUT2D eigenvalue weighted by molar-refractivity contribution is -0.0498. The van der Waals surface area contributed by atoms with Crippen molar-refractivity contribution in [1.82, 2.24) is 10.6 Å². The highest BCUT2D eigenvalue weighted by atomic mass is 19.3. The summed E-state index contributed by atoms with van der Waals surface area (Å²) in [4.78, 5) is 11.7. The van der Waals surface area contributed by atoms with E-state index in [2.05, 4.69) is 15.4 Å². The summed E-state index contributed by atoms with van der Waals surface area (Å²) in [6.07, 6.45) is 0. The van der Waals surface area contributed by atoms with Crippen LogP contribution >= 0.6 is 0 Å². The van der Waals surface area contributed by atoms with E-state index in [0.29, 0.717) is 5.56 Å². The van der Waals surface area contributed by atoms with Crippen LogP contribution < -0.4 is 15.4 Å². The summed E-state index contributed by atoms with van der Waals surface area (Å²) < 4.78 is 41.5. The van der Waals surface area contributed by atoms with Crippen LogP contribution in [0.5, 0.6) is 5.75 Å². The molecule has 0 fully saturated rings. The number of nitrogens with one attached hydrogen (secondary N) is 2. The van der Waals surface area contributed by atoms with Gasteiger partial charge in [-0.3, -0.25) is 0 Å². The van der Waals surface area contributed by atoms with E-state index >= 15 is 0 Å². The number of ether oxygens (including phenoxy) is 1. The zero-order valence-electron chi connectivity index (χ0n) is 13.0. The van der Waals surface area contributed by atoms with Crippen LogP contribution in [0.25, 0.3) is 0 Å². The van der Waals surface area contributed by atoms with Gasteiger partial charge >= 0.3 is 12.6 Å². The number of carbonyl (C=O) groups excluding carboxylic acids is 1. The van der Waals surface area contributed by atoms with Crippen molar-refractivity contribution in [3.05, 3.63) is 65.0 Å². The predicted octanol–water partition coefficient (Wildman–Crippen LogP) is 3.73. The number of halogens is 3. The molecule has 0 saturated heterocycles. The predicted molar refractivity (Wildman–Crippen MR) is 83.3 cm³/mol. The second-order valence-corrected chi connectivity index (χ2v) is 5.14. The lowest BCUT2D eigenvalue weighted by atomic mass is 10.1. The number of amides is 2.